The number of carbonyl (C=O) groups is 2. The van der Waals surface area contributed by atoms with E-state index in [1.54, 1.807) is 6.20 Å². The van der Waals surface area contributed by atoms with Gasteiger partial charge in [-0.05, 0) is 68.5 Å². The zero-order valence-electron chi connectivity index (χ0n) is 28.0. The third kappa shape index (κ3) is 8.30. The Bertz CT molecular complexity index is 1670. The molecule has 2 amide bonds. The normalized spacial score (nSPS) is 21.5. The number of β-amino-alcohol motifs (C(OH)–C–C–N with tert-alkyl or cyclic N) is 1. The van der Waals surface area contributed by atoms with Gasteiger partial charge in [0.15, 0.2) is 0 Å². The summed E-state index contributed by atoms with van der Waals surface area (Å²) >= 11 is 0. The molecule has 48 heavy (non-hydrogen) atoms. The van der Waals surface area contributed by atoms with Crippen LogP contribution in [0.25, 0.3) is 11.1 Å². The molecule has 0 unspecified atom stereocenters. The van der Waals surface area contributed by atoms with Gasteiger partial charge in [0, 0.05) is 55.6 Å². The van der Waals surface area contributed by atoms with Gasteiger partial charge in [0.25, 0.3) is 0 Å². The molecule has 0 bridgehead atoms. The van der Waals surface area contributed by atoms with Crippen LogP contribution in [-0.2, 0) is 29.0 Å². The van der Waals surface area contributed by atoms with E-state index >= 15 is 0 Å². The Balaban J connectivity index is 1.15. The number of amides is 2. The minimum absolute atomic E-state index is 0.0989. The van der Waals surface area contributed by atoms with E-state index in [1.165, 1.54) is 0 Å². The van der Waals surface area contributed by atoms with Gasteiger partial charge in [-0.1, -0.05) is 54.6 Å². The summed E-state index contributed by atoms with van der Waals surface area (Å²) in [5.41, 5.74) is 3.13. The Labute approximate surface area is 282 Å². The minimum Gasteiger partial charge on any atom is -0.441 e. The monoisotopic (exact) mass is 653 g/mol. The van der Waals surface area contributed by atoms with Gasteiger partial charge >= 0.3 is 0 Å². The third-order valence-electron chi connectivity index (χ3n) is 9.30. The molecule has 1 aliphatic carbocycles. The van der Waals surface area contributed by atoms with Gasteiger partial charge in [-0.3, -0.25) is 19.4 Å². The van der Waals surface area contributed by atoms with Crippen LogP contribution in [-0.4, -0.2) is 86.8 Å². The predicted molar refractivity (Wildman–Crippen MR) is 184 cm³/mol. The molecule has 6 rings (SSSR count). The summed E-state index contributed by atoms with van der Waals surface area (Å²) in [5.74, 6) is -0.0481. The van der Waals surface area contributed by atoms with Crippen molar-refractivity contribution in [3.05, 3.63) is 101 Å². The number of aromatic nitrogens is 1. The molecule has 1 fully saturated rings. The third-order valence-corrected chi connectivity index (χ3v) is 9.30. The van der Waals surface area contributed by atoms with Gasteiger partial charge in [0.2, 0.25) is 17.5 Å². The van der Waals surface area contributed by atoms with Crippen molar-refractivity contribution in [3.63, 3.8) is 0 Å². The van der Waals surface area contributed by atoms with Gasteiger partial charge in [-0.2, -0.15) is 0 Å². The number of nitrogens with one attached hydrogen (secondary N) is 2. The maximum absolute atomic E-state index is 13.9. The van der Waals surface area contributed by atoms with Crippen LogP contribution >= 0.6 is 0 Å². The van der Waals surface area contributed by atoms with E-state index in [4.69, 9.17) is 4.42 Å². The first kappa shape index (κ1) is 33.8. The molecule has 1 aliphatic heterocycles. The molecule has 2 aliphatic rings. The van der Waals surface area contributed by atoms with Crippen molar-refractivity contribution < 1.29 is 24.2 Å². The number of furan rings is 1. The number of hydrogen-bond donors (Lipinski definition) is 4. The van der Waals surface area contributed by atoms with Crippen LogP contribution in [0.3, 0.4) is 0 Å². The number of pyridine rings is 1. The highest BCUT2D eigenvalue weighted by Gasteiger charge is 2.37. The summed E-state index contributed by atoms with van der Waals surface area (Å²) in [5, 5.41) is 29.5. The summed E-state index contributed by atoms with van der Waals surface area (Å²) in [4.78, 5) is 36.1. The first-order valence-electron chi connectivity index (χ1n) is 16.9. The van der Waals surface area contributed by atoms with E-state index in [9.17, 15) is 19.8 Å². The van der Waals surface area contributed by atoms with Gasteiger partial charge in [0.05, 0.1) is 24.8 Å². The molecule has 3 heterocycles. The van der Waals surface area contributed by atoms with Crippen molar-refractivity contribution in [2.45, 2.75) is 76.4 Å². The molecule has 1 saturated heterocycles. The topological polar surface area (TPSA) is 131 Å². The van der Waals surface area contributed by atoms with Crippen LogP contribution < -0.4 is 10.6 Å². The Morgan fingerprint density at radius 1 is 1.04 bits per heavy atom. The number of aliphatic hydroxyl groups is 2. The van der Waals surface area contributed by atoms with Crippen molar-refractivity contribution in [3.8, 4) is 0 Å². The Morgan fingerprint density at radius 3 is 2.58 bits per heavy atom. The molecule has 5 atom stereocenters. The Morgan fingerprint density at radius 2 is 1.81 bits per heavy atom. The summed E-state index contributed by atoms with van der Waals surface area (Å²) < 4.78 is 5.97. The van der Waals surface area contributed by atoms with E-state index in [1.807, 2.05) is 98.5 Å². The smallest absolute Gasteiger partial charge is 0.239 e. The number of rotatable bonds is 11. The molecule has 2 aromatic carbocycles. The molecule has 0 spiro atoms. The standard InChI is InChI=1S/C38H47N5O5/c1-38(2,3)41-36(47)32-24-42(23-30-20-27-13-9-15-39-37(27)48-30)16-17-43(32)22-29(44)19-28(18-25-10-5-4-6-11-25)35(46)40-34-31-14-8-7-12-26(31)21-33(34)45/h4-15,20,28-29,32-34,44-45H,16-19,21-24H2,1-3H3,(H,40,46)(H,41,47)/t28-,29-,32-,33+,34-/m0/s1. The van der Waals surface area contributed by atoms with Crippen LogP contribution in [0.1, 0.15) is 55.7 Å². The summed E-state index contributed by atoms with van der Waals surface area (Å²) in [7, 11) is 0. The molecule has 10 nitrogen and oxygen atoms in total. The van der Waals surface area contributed by atoms with E-state index in [0.717, 1.165) is 27.8 Å². The first-order chi connectivity index (χ1) is 23.0. The lowest BCUT2D eigenvalue weighted by atomic mass is 9.91. The number of carbonyl (C=O) groups excluding carboxylic acids is 2. The van der Waals surface area contributed by atoms with E-state index in [-0.39, 0.29) is 24.8 Å². The number of aliphatic hydroxyl groups excluding tert-OH is 2. The van der Waals surface area contributed by atoms with Gasteiger partial charge in [0.1, 0.15) is 11.8 Å². The van der Waals surface area contributed by atoms with Crippen molar-refractivity contribution in [2.24, 2.45) is 5.92 Å². The highest BCUT2D eigenvalue weighted by atomic mass is 16.3. The summed E-state index contributed by atoms with van der Waals surface area (Å²) in [6, 6.07) is 22.4. The molecule has 0 radical (unpaired) electrons. The molecular weight excluding hydrogens is 606 g/mol. The van der Waals surface area contributed by atoms with Crippen molar-refractivity contribution in [1.82, 2.24) is 25.4 Å². The fourth-order valence-electron chi connectivity index (χ4n) is 7.04. The zero-order chi connectivity index (χ0) is 33.8. The number of benzene rings is 2. The lowest BCUT2D eigenvalue weighted by Gasteiger charge is -2.42. The predicted octanol–water partition coefficient (Wildman–Crippen LogP) is 3.61. The Kier molecular flexibility index (Phi) is 10.3. The average Bonchev–Trinajstić information content (AvgIpc) is 3.60. The second-order valence-electron chi connectivity index (χ2n) is 14.3. The van der Waals surface area contributed by atoms with Crippen molar-refractivity contribution in [2.75, 3.05) is 26.2 Å². The first-order valence-corrected chi connectivity index (χ1v) is 16.9. The van der Waals surface area contributed by atoms with Crippen LogP contribution in [0.2, 0.25) is 0 Å². The number of hydrogen-bond acceptors (Lipinski definition) is 8. The molecule has 10 heteroatoms. The fraction of sp³-hybridized carbons (Fsp3) is 0.447. The van der Waals surface area contributed by atoms with Gasteiger partial charge in [-0.25, -0.2) is 4.98 Å². The summed E-state index contributed by atoms with van der Waals surface area (Å²) in [6.07, 6.45) is 1.29. The maximum Gasteiger partial charge on any atom is 0.239 e. The SMILES string of the molecule is CC(C)(C)NC(=O)[C@@H]1CN(Cc2cc3cccnc3o2)CCN1C[C@@H](O)C[C@H](Cc1ccccc1)C(=O)N[C@H]1c2ccccc2C[C@H]1O. The largest absolute Gasteiger partial charge is 0.441 e. The van der Waals surface area contributed by atoms with Crippen LogP contribution in [0.15, 0.2) is 83.4 Å². The molecule has 2 aromatic heterocycles. The Hall–Kier alpha value is -4.09. The highest BCUT2D eigenvalue weighted by Crippen LogP contribution is 2.32. The zero-order valence-corrected chi connectivity index (χ0v) is 28.0. The van der Waals surface area contributed by atoms with E-state index in [2.05, 4.69) is 20.5 Å². The van der Waals surface area contributed by atoms with Crippen LogP contribution in [0.5, 0.6) is 0 Å². The van der Waals surface area contributed by atoms with Gasteiger partial charge in [-0.15, -0.1) is 0 Å². The number of nitrogens with zero attached hydrogens (tertiary/aromatic N) is 3. The second kappa shape index (κ2) is 14.6. The molecular formula is C38H47N5O5. The lowest BCUT2D eigenvalue weighted by Crippen LogP contribution is -2.61. The van der Waals surface area contributed by atoms with Crippen LogP contribution in [0, 0.1) is 5.92 Å². The molecule has 4 N–H and O–H groups in total. The number of fused-ring (bicyclic) bond motifs is 2. The molecule has 254 valence electrons. The maximum atomic E-state index is 13.9. The lowest BCUT2D eigenvalue weighted by molar-refractivity contribution is -0.132. The summed E-state index contributed by atoms with van der Waals surface area (Å²) in [6.45, 7) is 8.38. The van der Waals surface area contributed by atoms with Gasteiger partial charge < -0.3 is 25.3 Å². The van der Waals surface area contributed by atoms with E-state index in [0.29, 0.717) is 44.7 Å². The number of piperazine rings is 1. The molecule has 0 saturated carbocycles. The van der Waals surface area contributed by atoms with E-state index < -0.39 is 35.7 Å². The fourth-order valence-corrected chi connectivity index (χ4v) is 7.04. The highest BCUT2D eigenvalue weighted by molar-refractivity contribution is 5.83. The molecule has 4 aromatic rings. The van der Waals surface area contributed by atoms with Crippen molar-refractivity contribution in [1.29, 1.82) is 0 Å². The van der Waals surface area contributed by atoms with Crippen LogP contribution in [0.4, 0.5) is 0 Å². The minimum atomic E-state index is -0.858. The van der Waals surface area contributed by atoms with Crippen molar-refractivity contribution >= 4 is 22.9 Å². The average molecular weight is 654 g/mol. The second-order valence-corrected chi connectivity index (χ2v) is 14.3. The quantitative estimate of drug-likeness (QED) is 0.193.